The van der Waals surface area contributed by atoms with E-state index in [2.05, 4.69) is 37.4 Å². The third-order valence-corrected chi connectivity index (χ3v) is 6.28. The summed E-state index contributed by atoms with van der Waals surface area (Å²) in [7, 11) is 0. The molecule has 0 amide bonds. The lowest BCUT2D eigenvalue weighted by Crippen LogP contribution is -2.36. The summed E-state index contributed by atoms with van der Waals surface area (Å²) in [4.78, 5) is 11.3. The fourth-order valence-corrected chi connectivity index (χ4v) is 4.71. The maximum absolute atomic E-state index is 14.6. The van der Waals surface area contributed by atoms with Gasteiger partial charge in [-0.2, -0.15) is 5.10 Å². The Morgan fingerprint density at radius 3 is 2.73 bits per heavy atom. The van der Waals surface area contributed by atoms with Gasteiger partial charge in [0.25, 0.3) is 0 Å². The molecule has 0 aliphatic carbocycles. The number of aliphatic hydroxyl groups excluding tert-OH is 1. The predicted octanol–water partition coefficient (Wildman–Crippen LogP) is 2.42. The Morgan fingerprint density at radius 2 is 1.97 bits per heavy atom. The van der Waals surface area contributed by atoms with Crippen molar-refractivity contribution < 1.29 is 9.50 Å². The molecule has 158 valence electrons. The van der Waals surface area contributed by atoms with Crippen molar-refractivity contribution in [3.8, 4) is 5.82 Å². The lowest BCUT2D eigenvalue weighted by atomic mass is 9.85. The molecule has 2 fully saturated rings. The van der Waals surface area contributed by atoms with Crippen molar-refractivity contribution in [3.63, 3.8) is 0 Å². The molecule has 30 heavy (non-hydrogen) atoms. The molecule has 2 unspecified atom stereocenters. The first-order valence-electron chi connectivity index (χ1n) is 10.6. The number of rotatable bonds is 3. The van der Waals surface area contributed by atoms with Crippen molar-refractivity contribution in [3.05, 3.63) is 41.3 Å². The highest BCUT2D eigenvalue weighted by molar-refractivity contribution is 5.82. The molecule has 2 aliphatic heterocycles. The van der Waals surface area contributed by atoms with Crippen molar-refractivity contribution in [2.45, 2.75) is 44.9 Å². The minimum atomic E-state index is -0.888. The van der Waals surface area contributed by atoms with E-state index in [1.54, 1.807) is 0 Å². The quantitative estimate of drug-likeness (QED) is 0.691. The standard InChI is InChI=1S/C22H27FN6O/c1-13-7-15-10-25-29(20(15)8-18(13)17-3-5-24-11-19(17)23)22-9-21(26-14(2)27-22)28-6-4-16(30)12-28/h7-10,16-17,19,24,30H,3-6,11-12H2,1-2H3/t16-,17?,19?/m1/s1. The van der Waals surface area contributed by atoms with Gasteiger partial charge in [0.15, 0.2) is 5.82 Å². The van der Waals surface area contributed by atoms with Gasteiger partial charge in [0.05, 0.1) is 17.8 Å². The topological polar surface area (TPSA) is 79.1 Å². The van der Waals surface area contributed by atoms with Gasteiger partial charge in [-0.05, 0) is 56.5 Å². The van der Waals surface area contributed by atoms with Gasteiger partial charge in [0, 0.05) is 37.0 Å². The van der Waals surface area contributed by atoms with Crippen molar-refractivity contribution in [1.29, 1.82) is 0 Å². The first kappa shape index (κ1) is 19.4. The molecule has 0 radical (unpaired) electrons. The second-order valence-corrected chi connectivity index (χ2v) is 8.46. The van der Waals surface area contributed by atoms with E-state index in [9.17, 15) is 9.50 Å². The van der Waals surface area contributed by atoms with E-state index in [4.69, 9.17) is 0 Å². The summed E-state index contributed by atoms with van der Waals surface area (Å²) in [5, 5.41) is 18.6. The number of hydrogen-bond donors (Lipinski definition) is 2. The van der Waals surface area contributed by atoms with Crippen molar-refractivity contribution >= 4 is 16.7 Å². The number of β-amino-alcohol motifs (C(OH)–C–C–N with tert-alkyl or cyclic N) is 1. The van der Waals surface area contributed by atoms with Crippen LogP contribution < -0.4 is 10.2 Å². The maximum Gasteiger partial charge on any atom is 0.159 e. The first-order valence-corrected chi connectivity index (χ1v) is 10.6. The largest absolute Gasteiger partial charge is 0.391 e. The fourth-order valence-electron chi connectivity index (χ4n) is 4.71. The minimum Gasteiger partial charge on any atom is -0.391 e. The molecule has 0 saturated carbocycles. The number of nitrogens with zero attached hydrogens (tertiary/aromatic N) is 5. The van der Waals surface area contributed by atoms with Crippen LogP contribution in [0.2, 0.25) is 0 Å². The summed E-state index contributed by atoms with van der Waals surface area (Å²) in [5.41, 5.74) is 3.07. The fraction of sp³-hybridized carbons (Fsp3) is 0.500. The predicted molar refractivity (Wildman–Crippen MR) is 114 cm³/mol. The SMILES string of the molecule is Cc1nc(N2CC[C@@H](O)C2)cc(-n2ncc3cc(C)c(C4CCNCC4F)cc32)n1. The van der Waals surface area contributed by atoms with Crippen LogP contribution in [-0.4, -0.2) is 63.3 Å². The van der Waals surface area contributed by atoms with Gasteiger partial charge in [-0.25, -0.2) is 19.0 Å². The number of fused-ring (bicyclic) bond motifs is 1. The maximum atomic E-state index is 14.6. The zero-order chi connectivity index (χ0) is 20.8. The van der Waals surface area contributed by atoms with Crippen LogP contribution in [0.3, 0.4) is 0 Å². The molecule has 1 aromatic carbocycles. The molecule has 7 nitrogen and oxygen atoms in total. The summed E-state index contributed by atoms with van der Waals surface area (Å²) in [6, 6.07) is 6.09. The van der Waals surface area contributed by atoms with Crippen LogP contribution in [0.15, 0.2) is 24.4 Å². The number of anilines is 1. The van der Waals surface area contributed by atoms with Crippen molar-refractivity contribution in [1.82, 2.24) is 25.1 Å². The normalized spacial score (nSPS) is 24.7. The molecule has 2 N–H and O–H groups in total. The molecule has 0 bridgehead atoms. The Morgan fingerprint density at radius 1 is 1.13 bits per heavy atom. The van der Waals surface area contributed by atoms with E-state index in [1.165, 1.54) is 0 Å². The van der Waals surface area contributed by atoms with Crippen LogP contribution in [0.1, 0.15) is 35.7 Å². The molecule has 5 rings (SSSR count). The average molecular weight is 410 g/mol. The van der Waals surface area contributed by atoms with E-state index in [0.29, 0.717) is 24.7 Å². The Balaban J connectivity index is 1.58. The molecule has 2 aliphatic rings. The van der Waals surface area contributed by atoms with E-state index < -0.39 is 6.17 Å². The van der Waals surface area contributed by atoms with Gasteiger partial charge in [-0.3, -0.25) is 0 Å². The number of benzene rings is 1. The summed E-state index contributed by atoms with van der Waals surface area (Å²) in [5.74, 6) is 2.04. The Bertz CT molecular complexity index is 1080. The molecular weight excluding hydrogens is 383 g/mol. The summed E-state index contributed by atoms with van der Waals surface area (Å²) < 4.78 is 16.5. The monoisotopic (exact) mass is 410 g/mol. The lowest BCUT2D eigenvalue weighted by Gasteiger charge is -2.28. The number of alkyl halides is 1. The van der Waals surface area contributed by atoms with Crippen LogP contribution in [0.5, 0.6) is 0 Å². The van der Waals surface area contributed by atoms with Crippen LogP contribution in [-0.2, 0) is 0 Å². The molecule has 2 aromatic heterocycles. The zero-order valence-corrected chi connectivity index (χ0v) is 17.3. The number of aromatic nitrogens is 4. The number of piperidine rings is 1. The molecular formula is C22H27FN6O. The average Bonchev–Trinajstić information content (AvgIpc) is 3.33. The second kappa shape index (κ2) is 7.59. The summed E-state index contributed by atoms with van der Waals surface area (Å²) >= 11 is 0. The third kappa shape index (κ3) is 3.44. The number of aliphatic hydroxyl groups is 1. The Hall–Kier alpha value is -2.58. The van der Waals surface area contributed by atoms with Crippen LogP contribution in [0.25, 0.3) is 16.7 Å². The first-order chi connectivity index (χ1) is 14.5. The van der Waals surface area contributed by atoms with Gasteiger partial charge >= 0.3 is 0 Å². The Labute approximate surface area is 174 Å². The van der Waals surface area contributed by atoms with Gasteiger partial charge in [-0.15, -0.1) is 0 Å². The van der Waals surface area contributed by atoms with E-state index >= 15 is 0 Å². The highest BCUT2D eigenvalue weighted by Gasteiger charge is 2.28. The van der Waals surface area contributed by atoms with Crippen LogP contribution in [0.4, 0.5) is 10.2 Å². The number of aryl methyl sites for hydroxylation is 2. The van der Waals surface area contributed by atoms with Gasteiger partial charge in [0.1, 0.15) is 17.8 Å². The van der Waals surface area contributed by atoms with Crippen LogP contribution >= 0.6 is 0 Å². The molecule has 3 aromatic rings. The van der Waals surface area contributed by atoms with E-state index in [-0.39, 0.29) is 12.0 Å². The molecule has 2 saturated heterocycles. The highest BCUT2D eigenvalue weighted by atomic mass is 19.1. The van der Waals surface area contributed by atoms with E-state index in [0.717, 1.165) is 53.8 Å². The molecule has 8 heteroatoms. The second-order valence-electron chi connectivity index (χ2n) is 8.46. The zero-order valence-electron chi connectivity index (χ0n) is 17.3. The van der Waals surface area contributed by atoms with Gasteiger partial charge in [-0.1, -0.05) is 0 Å². The number of halogens is 1. The highest BCUT2D eigenvalue weighted by Crippen LogP contribution is 2.33. The lowest BCUT2D eigenvalue weighted by molar-refractivity contribution is 0.198. The van der Waals surface area contributed by atoms with Crippen LogP contribution in [0, 0.1) is 13.8 Å². The van der Waals surface area contributed by atoms with Crippen molar-refractivity contribution in [2.24, 2.45) is 0 Å². The smallest absolute Gasteiger partial charge is 0.159 e. The minimum absolute atomic E-state index is 0.104. The Kier molecular flexibility index (Phi) is 4.91. The molecule has 4 heterocycles. The van der Waals surface area contributed by atoms with Gasteiger partial charge < -0.3 is 15.3 Å². The number of hydrogen-bond acceptors (Lipinski definition) is 6. The van der Waals surface area contributed by atoms with Crippen molar-refractivity contribution in [2.75, 3.05) is 31.1 Å². The summed E-state index contributed by atoms with van der Waals surface area (Å²) in [6.07, 6.45) is 2.15. The molecule has 0 spiro atoms. The number of nitrogens with one attached hydrogen (secondary N) is 1. The third-order valence-electron chi connectivity index (χ3n) is 6.28. The summed E-state index contributed by atoms with van der Waals surface area (Å²) in [6.45, 7) is 6.49. The molecule has 3 atom stereocenters. The van der Waals surface area contributed by atoms with E-state index in [1.807, 2.05) is 30.8 Å². The van der Waals surface area contributed by atoms with Gasteiger partial charge in [0.2, 0.25) is 0 Å².